The number of benzene rings is 2. The molecule has 1 aliphatic heterocycles. The number of carboxylic acids is 1. The van der Waals surface area contributed by atoms with Gasteiger partial charge >= 0.3 is 5.97 Å². The molecule has 9 heteroatoms. The van der Waals surface area contributed by atoms with Gasteiger partial charge in [-0.05, 0) is 60.9 Å². The van der Waals surface area contributed by atoms with Gasteiger partial charge < -0.3 is 15.2 Å². The standard InChI is InChI=1S/C22H20N2O5S2/c1-13-6-7-16(8-14(13)2)23-19(25)12-29-17-5-3-4-15(9-17)10-18-21(28)24(11-20(26)27)22(30)31-18/h3-10H,11-12H2,1-2H3,(H,23,25)(H,26,27). The third-order valence-corrected chi connectivity index (χ3v) is 5.86. The number of anilines is 1. The molecular weight excluding hydrogens is 436 g/mol. The number of thioether (sulfide) groups is 1. The van der Waals surface area contributed by atoms with Gasteiger partial charge in [0.25, 0.3) is 11.8 Å². The number of aliphatic carboxylic acids is 1. The van der Waals surface area contributed by atoms with Crippen molar-refractivity contribution in [3.05, 3.63) is 64.1 Å². The average molecular weight is 457 g/mol. The van der Waals surface area contributed by atoms with Gasteiger partial charge in [-0.3, -0.25) is 19.3 Å². The molecule has 0 radical (unpaired) electrons. The van der Waals surface area contributed by atoms with E-state index in [1.165, 1.54) is 0 Å². The van der Waals surface area contributed by atoms with Crippen LogP contribution in [-0.4, -0.2) is 45.3 Å². The Morgan fingerprint density at radius 1 is 1.19 bits per heavy atom. The van der Waals surface area contributed by atoms with Crippen LogP contribution >= 0.6 is 24.0 Å². The zero-order valence-electron chi connectivity index (χ0n) is 16.9. The van der Waals surface area contributed by atoms with Crippen LogP contribution in [0.3, 0.4) is 0 Å². The van der Waals surface area contributed by atoms with Crippen LogP contribution < -0.4 is 10.1 Å². The van der Waals surface area contributed by atoms with Crippen LogP contribution in [0.2, 0.25) is 0 Å². The lowest BCUT2D eigenvalue weighted by Gasteiger charge is -2.10. The summed E-state index contributed by atoms with van der Waals surface area (Å²) in [5, 5.41) is 11.7. The van der Waals surface area contributed by atoms with Gasteiger partial charge in [0.15, 0.2) is 6.61 Å². The normalized spacial score (nSPS) is 14.8. The number of nitrogens with zero attached hydrogens (tertiary/aromatic N) is 1. The summed E-state index contributed by atoms with van der Waals surface area (Å²) in [5.74, 6) is -1.41. The molecule has 3 rings (SSSR count). The lowest BCUT2D eigenvalue weighted by molar-refractivity contribution is -0.140. The minimum absolute atomic E-state index is 0.170. The molecule has 1 fully saturated rings. The highest BCUT2D eigenvalue weighted by Gasteiger charge is 2.33. The van der Waals surface area contributed by atoms with Crippen molar-refractivity contribution < 1.29 is 24.2 Å². The molecule has 0 bridgehead atoms. The van der Waals surface area contributed by atoms with Crippen molar-refractivity contribution in [1.29, 1.82) is 0 Å². The molecule has 0 aliphatic carbocycles. The molecule has 1 saturated heterocycles. The van der Waals surface area contributed by atoms with Gasteiger partial charge in [0.1, 0.15) is 16.6 Å². The van der Waals surface area contributed by atoms with Crippen LogP contribution in [0, 0.1) is 13.8 Å². The van der Waals surface area contributed by atoms with Crippen LogP contribution in [0.25, 0.3) is 6.08 Å². The number of carbonyl (C=O) groups excluding carboxylic acids is 2. The van der Waals surface area contributed by atoms with Gasteiger partial charge in [-0.1, -0.05) is 42.2 Å². The van der Waals surface area contributed by atoms with Gasteiger partial charge in [0.2, 0.25) is 0 Å². The highest BCUT2D eigenvalue weighted by Crippen LogP contribution is 2.32. The molecule has 7 nitrogen and oxygen atoms in total. The number of rotatable bonds is 7. The Balaban J connectivity index is 1.62. The second-order valence-electron chi connectivity index (χ2n) is 6.87. The molecule has 0 saturated carbocycles. The van der Waals surface area contributed by atoms with Crippen molar-refractivity contribution >= 4 is 57.8 Å². The van der Waals surface area contributed by atoms with Crippen molar-refractivity contribution in [3.63, 3.8) is 0 Å². The van der Waals surface area contributed by atoms with Crippen molar-refractivity contribution in [3.8, 4) is 5.75 Å². The molecule has 2 amide bonds. The molecule has 0 aromatic heterocycles. The lowest BCUT2D eigenvalue weighted by atomic mass is 10.1. The number of carboxylic acid groups (broad SMARTS) is 1. The number of aryl methyl sites for hydroxylation is 2. The molecular formula is C22H20N2O5S2. The first-order valence-corrected chi connectivity index (χ1v) is 10.5. The molecule has 1 heterocycles. The third kappa shape index (κ3) is 5.93. The van der Waals surface area contributed by atoms with Gasteiger partial charge in [-0.25, -0.2) is 0 Å². The Morgan fingerprint density at radius 2 is 1.97 bits per heavy atom. The van der Waals surface area contributed by atoms with Gasteiger partial charge in [0, 0.05) is 5.69 Å². The zero-order valence-corrected chi connectivity index (χ0v) is 18.5. The number of amides is 2. The number of thiocarbonyl (C=S) groups is 1. The van der Waals surface area contributed by atoms with E-state index in [1.54, 1.807) is 30.3 Å². The summed E-state index contributed by atoms with van der Waals surface area (Å²) in [6.45, 7) is 3.33. The van der Waals surface area contributed by atoms with E-state index in [0.29, 0.717) is 21.9 Å². The third-order valence-electron chi connectivity index (χ3n) is 4.48. The first kappa shape index (κ1) is 22.5. The smallest absolute Gasteiger partial charge is 0.323 e. The summed E-state index contributed by atoms with van der Waals surface area (Å²) in [7, 11) is 0. The molecule has 0 atom stereocenters. The monoisotopic (exact) mass is 456 g/mol. The van der Waals surface area contributed by atoms with E-state index >= 15 is 0 Å². The van der Waals surface area contributed by atoms with Crippen LogP contribution in [0.15, 0.2) is 47.4 Å². The summed E-state index contributed by atoms with van der Waals surface area (Å²) in [5.41, 5.74) is 3.60. The molecule has 160 valence electrons. The Bertz CT molecular complexity index is 1100. The van der Waals surface area contributed by atoms with Gasteiger partial charge in [-0.15, -0.1) is 0 Å². The Kier molecular flexibility index (Phi) is 7.09. The molecule has 1 aliphatic rings. The SMILES string of the molecule is Cc1ccc(NC(=O)COc2cccc(C=C3SC(=S)N(CC(=O)O)C3=O)c2)cc1C. The Hall–Kier alpha value is -3.17. The van der Waals surface area contributed by atoms with Gasteiger partial charge in [-0.2, -0.15) is 0 Å². The minimum atomic E-state index is -1.13. The fourth-order valence-corrected chi connectivity index (χ4v) is 4.04. The molecule has 2 aromatic rings. The number of nitrogens with one attached hydrogen (secondary N) is 1. The van der Waals surface area contributed by atoms with Crippen molar-refractivity contribution in [2.24, 2.45) is 0 Å². The number of hydrogen-bond acceptors (Lipinski definition) is 6. The first-order valence-electron chi connectivity index (χ1n) is 9.30. The lowest BCUT2D eigenvalue weighted by Crippen LogP contribution is -2.33. The quantitative estimate of drug-likeness (QED) is 0.485. The van der Waals surface area contributed by atoms with E-state index in [-0.39, 0.29) is 16.8 Å². The van der Waals surface area contributed by atoms with E-state index in [0.717, 1.165) is 27.8 Å². The molecule has 2 N–H and O–H groups in total. The maximum atomic E-state index is 12.4. The van der Waals surface area contributed by atoms with E-state index in [1.807, 2.05) is 32.0 Å². The number of carbonyl (C=O) groups is 3. The van der Waals surface area contributed by atoms with Crippen molar-refractivity contribution in [2.45, 2.75) is 13.8 Å². The van der Waals surface area contributed by atoms with E-state index < -0.39 is 18.4 Å². The van der Waals surface area contributed by atoms with Crippen molar-refractivity contribution in [1.82, 2.24) is 4.90 Å². The van der Waals surface area contributed by atoms with Crippen LogP contribution in [0.5, 0.6) is 5.75 Å². The fraction of sp³-hybridized carbons (Fsp3) is 0.182. The molecule has 0 unspecified atom stereocenters. The maximum Gasteiger partial charge on any atom is 0.323 e. The summed E-state index contributed by atoms with van der Waals surface area (Å²) < 4.78 is 5.78. The summed E-state index contributed by atoms with van der Waals surface area (Å²) in [6, 6.07) is 12.6. The topological polar surface area (TPSA) is 95.9 Å². The highest BCUT2D eigenvalue weighted by molar-refractivity contribution is 8.26. The maximum absolute atomic E-state index is 12.4. The summed E-state index contributed by atoms with van der Waals surface area (Å²) >= 11 is 6.14. The summed E-state index contributed by atoms with van der Waals surface area (Å²) in [6.07, 6.45) is 1.61. The Morgan fingerprint density at radius 3 is 2.68 bits per heavy atom. The predicted octanol–water partition coefficient (Wildman–Crippen LogP) is 3.61. The predicted molar refractivity (Wildman–Crippen MR) is 124 cm³/mol. The van der Waals surface area contributed by atoms with Crippen LogP contribution in [-0.2, 0) is 14.4 Å². The molecule has 2 aromatic carbocycles. The summed E-state index contributed by atoms with van der Waals surface area (Å²) in [4.78, 5) is 36.8. The van der Waals surface area contributed by atoms with E-state index in [2.05, 4.69) is 5.32 Å². The van der Waals surface area contributed by atoms with E-state index in [9.17, 15) is 14.4 Å². The van der Waals surface area contributed by atoms with Gasteiger partial charge in [0.05, 0.1) is 4.91 Å². The minimum Gasteiger partial charge on any atom is -0.484 e. The second kappa shape index (κ2) is 9.76. The largest absolute Gasteiger partial charge is 0.484 e. The van der Waals surface area contributed by atoms with Crippen LogP contribution in [0.1, 0.15) is 16.7 Å². The number of hydrogen-bond donors (Lipinski definition) is 2. The second-order valence-corrected chi connectivity index (χ2v) is 8.55. The average Bonchev–Trinajstić information content (AvgIpc) is 2.96. The number of ether oxygens (including phenoxy) is 1. The molecule has 31 heavy (non-hydrogen) atoms. The zero-order chi connectivity index (χ0) is 22.5. The first-order chi connectivity index (χ1) is 14.7. The van der Waals surface area contributed by atoms with Crippen LogP contribution in [0.4, 0.5) is 5.69 Å². The highest BCUT2D eigenvalue weighted by atomic mass is 32.2. The fourth-order valence-electron chi connectivity index (χ4n) is 2.78. The molecule has 0 spiro atoms. The van der Waals surface area contributed by atoms with E-state index in [4.69, 9.17) is 22.1 Å². The van der Waals surface area contributed by atoms with Crippen molar-refractivity contribution in [2.75, 3.05) is 18.5 Å². The Labute approximate surface area is 189 Å².